The molecule has 0 aliphatic heterocycles. The molecular formula is C16H12FN5S. The normalized spacial score (nSPS) is 11.2. The van der Waals surface area contributed by atoms with Crippen LogP contribution in [0, 0.1) is 5.82 Å². The highest BCUT2D eigenvalue weighted by molar-refractivity contribution is 7.12. The molecule has 0 atom stereocenters. The molecule has 0 saturated carbocycles. The summed E-state index contributed by atoms with van der Waals surface area (Å²) in [5.74, 6) is -0.277. The van der Waals surface area contributed by atoms with Gasteiger partial charge in [-0.1, -0.05) is 17.4 Å². The number of hydrogen-bond donors (Lipinski definition) is 1. The van der Waals surface area contributed by atoms with Gasteiger partial charge in [0.05, 0.1) is 11.1 Å². The number of benzene rings is 1. The third-order valence-corrected chi connectivity index (χ3v) is 4.33. The van der Waals surface area contributed by atoms with Crippen molar-refractivity contribution in [3.63, 3.8) is 0 Å². The van der Waals surface area contributed by atoms with E-state index in [2.05, 4.69) is 15.3 Å². The highest BCUT2D eigenvalue weighted by Gasteiger charge is 2.19. The van der Waals surface area contributed by atoms with Crippen LogP contribution in [-0.2, 0) is 6.54 Å². The van der Waals surface area contributed by atoms with Crippen LogP contribution in [0.25, 0.3) is 27.3 Å². The van der Waals surface area contributed by atoms with Crippen molar-refractivity contribution in [2.24, 2.45) is 5.73 Å². The number of rotatable bonds is 3. The van der Waals surface area contributed by atoms with Gasteiger partial charge in [-0.25, -0.2) is 8.91 Å². The number of nitrogens with zero attached hydrogens (tertiary/aromatic N) is 4. The Labute approximate surface area is 135 Å². The Morgan fingerprint density at radius 1 is 1.13 bits per heavy atom. The first-order valence-electron chi connectivity index (χ1n) is 7.00. The molecule has 3 aromatic heterocycles. The lowest BCUT2D eigenvalue weighted by Gasteiger charge is -2.00. The second-order valence-electron chi connectivity index (χ2n) is 5.05. The van der Waals surface area contributed by atoms with Crippen LogP contribution in [0.15, 0.2) is 48.1 Å². The molecule has 0 bridgehead atoms. The van der Waals surface area contributed by atoms with Crippen molar-refractivity contribution in [1.29, 1.82) is 0 Å². The summed E-state index contributed by atoms with van der Waals surface area (Å²) in [6.45, 7) is 0.440. The molecule has 4 aromatic rings. The number of nitrogens with two attached hydrogens (primary N) is 1. The fraction of sp³-hybridized carbons (Fsp3) is 0.0625. The van der Waals surface area contributed by atoms with E-state index in [1.54, 1.807) is 22.2 Å². The van der Waals surface area contributed by atoms with Gasteiger partial charge < -0.3 is 5.73 Å². The summed E-state index contributed by atoms with van der Waals surface area (Å²) in [4.78, 5) is 0. The van der Waals surface area contributed by atoms with Crippen molar-refractivity contribution in [2.75, 3.05) is 0 Å². The van der Waals surface area contributed by atoms with Crippen LogP contribution >= 0.6 is 11.3 Å². The standard InChI is InChI=1S/C16H12FN5S/c17-12-4-2-11(3-5-12)15-14(16-20-19-9-23-16)13-6-1-10(7-18)8-22(13)21-15/h1-6,8-9H,7,18H2. The number of hydrogen-bond acceptors (Lipinski definition) is 5. The maximum atomic E-state index is 13.2. The van der Waals surface area contributed by atoms with Crippen molar-refractivity contribution < 1.29 is 4.39 Å². The third kappa shape index (κ3) is 2.39. The molecule has 0 aliphatic carbocycles. The van der Waals surface area contributed by atoms with Crippen LogP contribution in [-0.4, -0.2) is 19.8 Å². The van der Waals surface area contributed by atoms with Gasteiger partial charge in [0.15, 0.2) is 5.01 Å². The largest absolute Gasteiger partial charge is 0.326 e. The zero-order valence-electron chi connectivity index (χ0n) is 12.0. The van der Waals surface area contributed by atoms with Crippen molar-refractivity contribution in [1.82, 2.24) is 19.8 Å². The van der Waals surface area contributed by atoms with Crippen molar-refractivity contribution >= 4 is 16.9 Å². The highest BCUT2D eigenvalue weighted by atomic mass is 32.1. The number of aromatic nitrogens is 4. The summed E-state index contributed by atoms with van der Waals surface area (Å²) in [5.41, 5.74) is 11.7. The van der Waals surface area contributed by atoms with E-state index in [0.29, 0.717) is 6.54 Å². The van der Waals surface area contributed by atoms with Crippen LogP contribution < -0.4 is 5.73 Å². The second-order valence-corrected chi connectivity index (χ2v) is 5.88. The van der Waals surface area contributed by atoms with Gasteiger partial charge in [0.2, 0.25) is 0 Å². The van der Waals surface area contributed by atoms with Gasteiger partial charge in [-0.05, 0) is 35.9 Å². The Hall–Kier alpha value is -2.64. The van der Waals surface area contributed by atoms with Gasteiger partial charge in [-0.2, -0.15) is 5.10 Å². The highest BCUT2D eigenvalue weighted by Crippen LogP contribution is 2.35. The first-order chi connectivity index (χ1) is 11.3. The minimum absolute atomic E-state index is 0.277. The molecule has 114 valence electrons. The van der Waals surface area contributed by atoms with Crippen LogP contribution in [0.2, 0.25) is 0 Å². The van der Waals surface area contributed by atoms with Gasteiger partial charge in [0.1, 0.15) is 17.0 Å². The Balaban J connectivity index is 2.01. The molecule has 0 aliphatic rings. The smallest absolute Gasteiger partial charge is 0.152 e. The molecule has 4 rings (SSSR count). The van der Waals surface area contributed by atoms with E-state index in [9.17, 15) is 4.39 Å². The lowest BCUT2D eigenvalue weighted by atomic mass is 10.1. The van der Waals surface area contributed by atoms with E-state index in [1.807, 2.05) is 18.3 Å². The first-order valence-corrected chi connectivity index (χ1v) is 7.88. The summed E-state index contributed by atoms with van der Waals surface area (Å²) >= 11 is 1.44. The zero-order valence-corrected chi connectivity index (χ0v) is 12.8. The van der Waals surface area contributed by atoms with E-state index in [4.69, 9.17) is 5.73 Å². The molecule has 1 aromatic carbocycles. The van der Waals surface area contributed by atoms with Crippen LogP contribution in [0.4, 0.5) is 4.39 Å². The lowest BCUT2D eigenvalue weighted by Crippen LogP contribution is -1.98. The average Bonchev–Trinajstić information content (AvgIpc) is 3.21. The maximum Gasteiger partial charge on any atom is 0.152 e. The maximum absolute atomic E-state index is 13.2. The Morgan fingerprint density at radius 2 is 1.96 bits per heavy atom. The zero-order chi connectivity index (χ0) is 15.8. The first kappa shape index (κ1) is 14.0. The van der Waals surface area contributed by atoms with E-state index < -0.39 is 0 Å². The van der Waals surface area contributed by atoms with Crippen molar-refractivity contribution in [3.05, 3.63) is 59.5 Å². The fourth-order valence-electron chi connectivity index (χ4n) is 2.52. The van der Waals surface area contributed by atoms with Gasteiger partial charge in [-0.15, -0.1) is 10.2 Å². The van der Waals surface area contributed by atoms with E-state index in [0.717, 1.165) is 32.9 Å². The average molecular weight is 325 g/mol. The van der Waals surface area contributed by atoms with Gasteiger partial charge in [-0.3, -0.25) is 0 Å². The van der Waals surface area contributed by atoms with Crippen molar-refractivity contribution in [3.8, 4) is 21.8 Å². The van der Waals surface area contributed by atoms with Gasteiger partial charge in [0, 0.05) is 18.3 Å². The molecule has 5 nitrogen and oxygen atoms in total. The van der Waals surface area contributed by atoms with E-state index in [-0.39, 0.29) is 5.82 Å². The van der Waals surface area contributed by atoms with E-state index >= 15 is 0 Å². The minimum Gasteiger partial charge on any atom is -0.326 e. The van der Waals surface area contributed by atoms with Crippen LogP contribution in [0.1, 0.15) is 5.56 Å². The number of pyridine rings is 1. The number of fused-ring (bicyclic) bond motifs is 1. The Bertz CT molecular complexity index is 960. The Morgan fingerprint density at radius 3 is 2.65 bits per heavy atom. The third-order valence-electron chi connectivity index (χ3n) is 3.62. The molecule has 2 N–H and O–H groups in total. The van der Waals surface area contributed by atoms with Gasteiger partial charge >= 0.3 is 0 Å². The fourth-order valence-corrected chi connectivity index (χ4v) is 3.12. The molecule has 0 fully saturated rings. The molecule has 0 amide bonds. The molecular weight excluding hydrogens is 313 g/mol. The summed E-state index contributed by atoms with van der Waals surface area (Å²) in [7, 11) is 0. The summed E-state index contributed by atoms with van der Waals surface area (Å²) in [5, 5.41) is 13.5. The summed E-state index contributed by atoms with van der Waals surface area (Å²) < 4.78 is 15.0. The predicted molar refractivity (Wildman–Crippen MR) is 87.4 cm³/mol. The topological polar surface area (TPSA) is 69.1 Å². The monoisotopic (exact) mass is 325 g/mol. The summed E-state index contributed by atoms with van der Waals surface area (Å²) in [6.07, 6.45) is 1.90. The molecule has 7 heteroatoms. The Kier molecular flexibility index (Phi) is 3.36. The molecule has 0 saturated heterocycles. The predicted octanol–water partition coefficient (Wildman–Crippen LogP) is 3.12. The SMILES string of the molecule is NCc1ccc2c(-c3nncs3)c(-c3ccc(F)cc3)nn2c1. The quantitative estimate of drug-likeness (QED) is 0.628. The molecule has 23 heavy (non-hydrogen) atoms. The molecule has 3 heterocycles. The lowest BCUT2D eigenvalue weighted by molar-refractivity contribution is 0.628. The van der Waals surface area contributed by atoms with Crippen molar-refractivity contribution in [2.45, 2.75) is 6.54 Å². The number of halogens is 1. The minimum atomic E-state index is -0.277. The van der Waals surface area contributed by atoms with Crippen LogP contribution in [0.3, 0.4) is 0 Å². The second kappa shape index (κ2) is 5.53. The van der Waals surface area contributed by atoms with Crippen LogP contribution in [0.5, 0.6) is 0 Å². The molecule has 0 radical (unpaired) electrons. The summed E-state index contributed by atoms with van der Waals surface area (Å²) in [6, 6.07) is 10.2. The van der Waals surface area contributed by atoms with Gasteiger partial charge in [0.25, 0.3) is 0 Å². The van der Waals surface area contributed by atoms with E-state index in [1.165, 1.54) is 23.5 Å². The molecule has 0 spiro atoms. The molecule has 0 unspecified atom stereocenters.